The van der Waals surface area contributed by atoms with Crippen molar-refractivity contribution in [3.05, 3.63) is 106 Å². The number of aromatic carboxylic acids is 1. The minimum absolute atomic E-state index is 0.0478. The summed E-state index contributed by atoms with van der Waals surface area (Å²) in [5.74, 6) is -2.45. The second kappa shape index (κ2) is 9.67. The molecule has 9 heteroatoms. The molecule has 0 unspecified atom stereocenters. The van der Waals surface area contributed by atoms with E-state index in [2.05, 4.69) is 28.9 Å². The standard InChI is InChI=1S/C30H26F2N4O3/c1-18-21-4-2-3-5-25(21)33-26(18)17-34-10-12-35(13-11-34)28-15-27-22(14-24(28)32)29(37)23(30(38)39)16-36(27)20-8-6-19(31)7-9-20/h2-9,14-16,33H,10-13,17H2,1H3,(H,38,39). The van der Waals surface area contributed by atoms with Crippen molar-refractivity contribution in [2.75, 3.05) is 31.1 Å². The predicted octanol–water partition coefficient (Wildman–Crippen LogP) is 5.08. The van der Waals surface area contributed by atoms with Crippen molar-refractivity contribution in [3.63, 3.8) is 0 Å². The van der Waals surface area contributed by atoms with E-state index in [0.29, 0.717) is 30.0 Å². The van der Waals surface area contributed by atoms with Crippen molar-refractivity contribution in [1.29, 1.82) is 0 Å². The number of hydrogen-bond acceptors (Lipinski definition) is 4. The topological polar surface area (TPSA) is 81.6 Å². The van der Waals surface area contributed by atoms with Crippen molar-refractivity contribution in [2.24, 2.45) is 0 Å². The number of fused-ring (bicyclic) bond motifs is 2. The van der Waals surface area contributed by atoms with Gasteiger partial charge in [0, 0.05) is 66.6 Å². The van der Waals surface area contributed by atoms with Crippen LogP contribution in [0.2, 0.25) is 0 Å². The predicted molar refractivity (Wildman–Crippen MR) is 147 cm³/mol. The Hall–Kier alpha value is -4.50. The highest BCUT2D eigenvalue weighted by molar-refractivity contribution is 5.94. The monoisotopic (exact) mass is 528 g/mol. The Morgan fingerprint density at radius 1 is 0.974 bits per heavy atom. The minimum atomic E-state index is -1.41. The fraction of sp³-hybridized carbons (Fsp3) is 0.200. The summed E-state index contributed by atoms with van der Waals surface area (Å²) in [6.07, 6.45) is 1.21. The van der Waals surface area contributed by atoms with Gasteiger partial charge < -0.3 is 19.6 Å². The van der Waals surface area contributed by atoms with Gasteiger partial charge in [0.2, 0.25) is 5.43 Å². The third-order valence-corrected chi connectivity index (χ3v) is 7.57. The van der Waals surface area contributed by atoms with Crippen LogP contribution in [-0.2, 0) is 6.54 Å². The first-order valence-corrected chi connectivity index (χ1v) is 12.7. The third-order valence-electron chi connectivity index (χ3n) is 7.57. The fourth-order valence-corrected chi connectivity index (χ4v) is 5.41. The van der Waals surface area contributed by atoms with Crippen LogP contribution in [-0.4, -0.2) is 51.7 Å². The van der Waals surface area contributed by atoms with Gasteiger partial charge in [0.25, 0.3) is 0 Å². The highest BCUT2D eigenvalue weighted by Gasteiger charge is 2.24. The number of piperazine rings is 1. The Morgan fingerprint density at radius 2 is 1.69 bits per heavy atom. The summed E-state index contributed by atoms with van der Waals surface area (Å²) in [4.78, 5) is 32.4. The number of pyridine rings is 1. The van der Waals surface area contributed by atoms with Crippen LogP contribution < -0.4 is 10.3 Å². The van der Waals surface area contributed by atoms with E-state index in [4.69, 9.17) is 0 Å². The van der Waals surface area contributed by atoms with E-state index in [0.717, 1.165) is 31.2 Å². The highest BCUT2D eigenvalue weighted by atomic mass is 19.1. The van der Waals surface area contributed by atoms with Crippen molar-refractivity contribution >= 4 is 33.5 Å². The van der Waals surface area contributed by atoms with Gasteiger partial charge in [-0.25, -0.2) is 13.6 Å². The number of nitrogens with zero attached hydrogens (tertiary/aromatic N) is 3. The molecule has 1 fully saturated rings. The number of rotatable bonds is 5. The van der Waals surface area contributed by atoms with E-state index < -0.39 is 28.6 Å². The number of carboxylic acids is 1. The summed E-state index contributed by atoms with van der Waals surface area (Å²) in [6.45, 7) is 5.47. The normalized spacial score (nSPS) is 14.4. The molecule has 0 radical (unpaired) electrons. The number of benzene rings is 3. The maximum atomic E-state index is 15.4. The zero-order chi connectivity index (χ0) is 27.3. The van der Waals surface area contributed by atoms with Crippen LogP contribution in [0, 0.1) is 18.6 Å². The number of aromatic amines is 1. The summed E-state index contributed by atoms with van der Waals surface area (Å²) < 4.78 is 30.5. The van der Waals surface area contributed by atoms with Gasteiger partial charge >= 0.3 is 5.97 Å². The molecule has 6 rings (SSSR count). The Labute approximate surface area is 222 Å². The number of nitrogens with one attached hydrogen (secondary N) is 1. The number of halogens is 2. The van der Waals surface area contributed by atoms with Gasteiger partial charge in [-0.05, 0) is 55.0 Å². The van der Waals surface area contributed by atoms with E-state index in [9.17, 15) is 19.1 Å². The van der Waals surface area contributed by atoms with E-state index in [1.54, 1.807) is 6.07 Å². The molecule has 3 heterocycles. The number of carboxylic acid groups (broad SMARTS) is 1. The molecule has 0 saturated carbocycles. The quantitative estimate of drug-likeness (QED) is 0.333. The second-order valence-electron chi connectivity index (χ2n) is 9.88. The summed E-state index contributed by atoms with van der Waals surface area (Å²) in [5, 5.41) is 10.7. The molecule has 39 heavy (non-hydrogen) atoms. The number of aromatic nitrogens is 2. The number of anilines is 1. The second-order valence-corrected chi connectivity index (χ2v) is 9.88. The number of aryl methyl sites for hydroxylation is 1. The molecule has 0 amide bonds. The molecular weight excluding hydrogens is 502 g/mol. The Kier molecular flexibility index (Phi) is 6.15. The van der Waals surface area contributed by atoms with Crippen LogP contribution in [0.5, 0.6) is 0 Å². The summed E-state index contributed by atoms with van der Waals surface area (Å²) in [7, 11) is 0. The first-order valence-electron chi connectivity index (χ1n) is 12.7. The SMILES string of the molecule is Cc1c(CN2CCN(c3cc4c(cc3F)c(=O)c(C(=O)O)cn4-c3ccc(F)cc3)CC2)[nH]c2ccccc12. The summed E-state index contributed by atoms with van der Waals surface area (Å²) >= 11 is 0. The van der Waals surface area contributed by atoms with Gasteiger partial charge in [-0.15, -0.1) is 0 Å². The maximum Gasteiger partial charge on any atom is 0.341 e. The molecule has 5 aromatic rings. The van der Waals surface area contributed by atoms with Crippen LogP contribution in [0.15, 0.2) is 71.7 Å². The lowest BCUT2D eigenvalue weighted by Gasteiger charge is -2.36. The molecule has 2 aromatic heterocycles. The van der Waals surface area contributed by atoms with Gasteiger partial charge in [0.1, 0.15) is 17.2 Å². The molecule has 0 atom stereocenters. The lowest BCUT2D eigenvalue weighted by molar-refractivity contribution is 0.0695. The lowest BCUT2D eigenvalue weighted by atomic mass is 10.1. The van der Waals surface area contributed by atoms with Crippen molar-refractivity contribution in [2.45, 2.75) is 13.5 Å². The van der Waals surface area contributed by atoms with Crippen molar-refractivity contribution in [1.82, 2.24) is 14.5 Å². The largest absolute Gasteiger partial charge is 0.477 e. The first kappa shape index (κ1) is 24.8. The summed E-state index contributed by atoms with van der Waals surface area (Å²) in [5.41, 5.74) is 3.40. The van der Waals surface area contributed by atoms with Crippen molar-refractivity contribution in [3.8, 4) is 5.69 Å². The maximum absolute atomic E-state index is 15.4. The average Bonchev–Trinajstić information content (AvgIpc) is 3.25. The van der Waals surface area contributed by atoms with E-state index in [1.165, 1.54) is 51.7 Å². The van der Waals surface area contributed by atoms with Gasteiger partial charge in [0.15, 0.2) is 0 Å². The summed E-state index contributed by atoms with van der Waals surface area (Å²) in [6, 6.07) is 16.4. The molecule has 3 aromatic carbocycles. The van der Waals surface area contributed by atoms with Gasteiger partial charge in [0.05, 0.1) is 11.2 Å². The average molecular weight is 529 g/mol. The highest BCUT2D eigenvalue weighted by Crippen LogP contribution is 2.29. The van der Waals surface area contributed by atoms with E-state index in [1.807, 2.05) is 17.0 Å². The first-order chi connectivity index (χ1) is 18.8. The van der Waals surface area contributed by atoms with Crippen LogP contribution in [0.1, 0.15) is 21.6 Å². The molecule has 1 saturated heterocycles. The van der Waals surface area contributed by atoms with Crippen LogP contribution in [0.25, 0.3) is 27.5 Å². The number of hydrogen-bond donors (Lipinski definition) is 2. The molecule has 1 aliphatic heterocycles. The lowest BCUT2D eigenvalue weighted by Crippen LogP contribution is -2.46. The zero-order valence-electron chi connectivity index (χ0n) is 21.2. The van der Waals surface area contributed by atoms with Crippen LogP contribution >= 0.6 is 0 Å². The third kappa shape index (κ3) is 4.44. The van der Waals surface area contributed by atoms with Gasteiger partial charge in [-0.3, -0.25) is 9.69 Å². The van der Waals surface area contributed by atoms with Crippen molar-refractivity contribution < 1.29 is 18.7 Å². The van der Waals surface area contributed by atoms with E-state index >= 15 is 4.39 Å². The fourth-order valence-electron chi connectivity index (χ4n) is 5.41. The minimum Gasteiger partial charge on any atom is -0.477 e. The number of carbonyl (C=O) groups is 1. The van der Waals surface area contributed by atoms with Crippen LogP contribution in [0.3, 0.4) is 0 Å². The van der Waals surface area contributed by atoms with Gasteiger partial charge in [-0.2, -0.15) is 0 Å². The Bertz CT molecular complexity index is 1780. The molecule has 198 valence electrons. The number of H-pyrrole nitrogens is 1. The molecule has 7 nitrogen and oxygen atoms in total. The van der Waals surface area contributed by atoms with Gasteiger partial charge in [-0.1, -0.05) is 18.2 Å². The number of para-hydroxylation sites is 1. The molecular formula is C30H26F2N4O3. The molecule has 0 bridgehead atoms. The van der Waals surface area contributed by atoms with Crippen LogP contribution in [0.4, 0.5) is 14.5 Å². The molecule has 0 spiro atoms. The zero-order valence-corrected chi connectivity index (χ0v) is 21.2. The molecule has 1 aliphatic rings. The van der Waals surface area contributed by atoms with E-state index in [-0.39, 0.29) is 5.39 Å². The Balaban J connectivity index is 1.31. The molecule has 0 aliphatic carbocycles. The smallest absolute Gasteiger partial charge is 0.341 e. The molecule has 2 N–H and O–H groups in total. The Morgan fingerprint density at radius 3 is 2.38 bits per heavy atom.